The van der Waals surface area contributed by atoms with Crippen molar-refractivity contribution in [3.05, 3.63) is 0 Å². The third-order valence-electron chi connectivity index (χ3n) is 3.64. The number of aliphatic hydroxyl groups is 2. The number of carboxylic acid groups (broad SMARTS) is 1. The number of carboxylic acids is 1. The zero-order chi connectivity index (χ0) is 15.0. The molecule has 0 bridgehead atoms. The monoisotopic (exact) mass is 304 g/mol. The zero-order valence-corrected chi connectivity index (χ0v) is 12.3. The maximum absolute atomic E-state index is 12.5. The number of hydrogen-bond donors (Lipinski definition) is 3. The van der Waals surface area contributed by atoms with Crippen molar-refractivity contribution in [2.24, 2.45) is 5.92 Å². The molecule has 4 unspecified atom stereocenters. The van der Waals surface area contributed by atoms with E-state index in [1.807, 2.05) is 13.8 Å². The van der Waals surface area contributed by atoms with Gasteiger partial charge in [0.2, 0.25) is 0 Å². The number of hydrogen-bond acceptors (Lipinski definition) is 5. The number of β-amino-alcohol motifs (C(OH)–C–C–N with tert-alkyl or cyclic N) is 2. The van der Waals surface area contributed by atoms with Crippen molar-refractivity contribution in [1.82, 2.24) is 9.80 Å². The fraction of sp³-hybridized carbons (Fsp3) is 0.833. The summed E-state index contributed by atoms with van der Waals surface area (Å²) < 4.78 is 0. The van der Waals surface area contributed by atoms with Gasteiger partial charge in [0.15, 0.2) is 0 Å². The predicted octanol–water partition coefficient (Wildman–Crippen LogP) is -0.372. The van der Waals surface area contributed by atoms with Crippen molar-refractivity contribution >= 4 is 23.8 Å². The van der Waals surface area contributed by atoms with E-state index in [1.165, 1.54) is 21.6 Å². The molecule has 114 valence electrons. The molecule has 0 aromatic rings. The first-order chi connectivity index (χ1) is 9.32. The molecular formula is C12H20N2O5S. The first kappa shape index (κ1) is 15.4. The molecule has 0 aromatic heterocycles. The van der Waals surface area contributed by atoms with Crippen LogP contribution in [0.3, 0.4) is 0 Å². The van der Waals surface area contributed by atoms with E-state index in [2.05, 4.69) is 0 Å². The van der Waals surface area contributed by atoms with Gasteiger partial charge in [0.05, 0.1) is 30.7 Å². The van der Waals surface area contributed by atoms with Gasteiger partial charge in [-0.1, -0.05) is 13.8 Å². The summed E-state index contributed by atoms with van der Waals surface area (Å²) in [5.41, 5.74) is 0. The van der Waals surface area contributed by atoms with E-state index in [0.717, 1.165) is 0 Å². The van der Waals surface area contributed by atoms with Gasteiger partial charge in [-0.05, 0) is 5.92 Å². The SMILES string of the molecule is CC(C)C1SCC(C(=O)O)N1C(=O)N1CC(O)C(O)C1. The van der Waals surface area contributed by atoms with E-state index in [4.69, 9.17) is 0 Å². The maximum Gasteiger partial charge on any atom is 0.327 e. The van der Waals surface area contributed by atoms with Crippen LogP contribution < -0.4 is 0 Å². The minimum absolute atomic E-state index is 0.0400. The Labute approximate surface area is 121 Å². The van der Waals surface area contributed by atoms with Crippen LogP contribution in [0.5, 0.6) is 0 Å². The molecule has 8 heteroatoms. The molecule has 20 heavy (non-hydrogen) atoms. The summed E-state index contributed by atoms with van der Waals surface area (Å²) in [6, 6.07) is -1.27. The van der Waals surface area contributed by atoms with Crippen LogP contribution in [-0.2, 0) is 4.79 Å². The van der Waals surface area contributed by atoms with Gasteiger partial charge in [-0.2, -0.15) is 0 Å². The standard InChI is InChI=1S/C12H20N2O5S/c1-6(2)10-14(7(5-20-10)11(17)18)12(19)13-3-8(15)9(16)4-13/h6-10,15-16H,3-5H2,1-2H3,(H,17,18). The first-order valence-electron chi connectivity index (χ1n) is 6.60. The van der Waals surface area contributed by atoms with Crippen LogP contribution in [0.25, 0.3) is 0 Å². The summed E-state index contributed by atoms with van der Waals surface area (Å²) >= 11 is 1.46. The average molecular weight is 304 g/mol. The number of thioether (sulfide) groups is 1. The lowest BCUT2D eigenvalue weighted by atomic mass is 10.1. The van der Waals surface area contributed by atoms with Crippen LogP contribution in [0.4, 0.5) is 4.79 Å². The lowest BCUT2D eigenvalue weighted by Gasteiger charge is -2.33. The number of aliphatic carboxylic acids is 1. The molecule has 0 spiro atoms. The Hall–Kier alpha value is -0.990. The molecule has 2 heterocycles. The van der Waals surface area contributed by atoms with E-state index in [9.17, 15) is 24.9 Å². The average Bonchev–Trinajstić information content (AvgIpc) is 2.93. The van der Waals surface area contributed by atoms with E-state index >= 15 is 0 Å². The van der Waals surface area contributed by atoms with Crippen LogP contribution in [0.1, 0.15) is 13.8 Å². The normalized spacial score (nSPS) is 34.0. The Bertz CT molecular complexity index is 395. The van der Waals surface area contributed by atoms with E-state index in [1.54, 1.807) is 0 Å². The van der Waals surface area contributed by atoms with Crippen molar-refractivity contribution in [3.63, 3.8) is 0 Å². The number of rotatable bonds is 2. The van der Waals surface area contributed by atoms with Gasteiger partial charge in [0.1, 0.15) is 6.04 Å². The van der Waals surface area contributed by atoms with Gasteiger partial charge < -0.3 is 20.2 Å². The van der Waals surface area contributed by atoms with E-state index in [-0.39, 0.29) is 24.4 Å². The van der Waals surface area contributed by atoms with Crippen molar-refractivity contribution in [2.45, 2.75) is 37.5 Å². The van der Waals surface area contributed by atoms with Gasteiger partial charge in [-0.3, -0.25) is 4.90 Å². The third kappa shape index (κ3) is 2.72. The highest BCUT2D eigenvalue weighted by Crippen LogP contribution is 2.35. The summed E-state index contributed by atoms with van der Waals surface area (Å²) in [6.45, 7) is 3.96. The van der Waals surface area contributed by atoms with Crippen LogP contribution in [0.15, 0.2) is 0 Å². The highest BCUT2D eigenvalue weighted by molar-refractivity contribution is 8.00. The van der Waals surface area contributed by atoms with Crippen molar-refractivity contribution < 1.29 is 24.9 Å². The molecule has 0 saturated carbocycles. The Kier molecular flexibility index (Phi) is 4.46. The molecule has 7 nitrogen and oxygen atoms in total. The molecule has 4 atom stereocenters. The van der Waals surface area contributed by atoms with Gasteiger partial charge in [-0.25, -0.2) is 9.59 Å². The maximum atomic E-state index is 12.5. The predicted molar refractivity (Wildman–Crippen MR) is 73.3 cm³/mol. The number of carbonyl (C=O) groups is 2. The molecule has 2 amide bonds. The summed E-state index contributed by atoms with van der Waals surface area (Å²) in [7, 11) is 0. The number of amides is 2. The molecule has 2 aliphatic heterocycles. The molecule has 0 radical (unpaired) electrons. The van der Waals surface area contributed by atoms with Crippen molar-refractivity contribution in [3.8, 4) is 0 Å². The molecule has 0 aliphatic carbocycles. The molecule has 2 rings (SSSR count). The van der Waals surface area contributed by atoms with Crippen LogP contribution in [-0.4, -0.2) is 79.6 Å². The second kappa shape index (κ2) is 5.79. The molecular weight excluding hydrogens is 284 g/mol. The number of carbonyl (C=O) groups excluding carboxylic acids is 1. The van der Waals surface area contributed by atoms with Crippen LogP contribution >= 0.6 is 11.8 Å². The number of urea groups is 1. The largest absolute Gasteiger partial charge is 0.480 e. The highest BCUT2D eigenvalue weighted by Gasteiger charge is 2.46. The Morgan fingerprint density at radius 3 is 2.20 bits per heavy atom. The lowest BCUT2D eigenvalue weighted by molar-refractivity contribution is -0.141. The third-order valence-corrected chi connectivity index (χ3v) is 5.26. The minimum Gasteiger partial charge on any atom is -0.480 e. The fourth-order valence-electron chi connectivity index (χ4n) is 2.56. The summed E-state index contributed by atoms with van der Waals surface area (Å²) in [4.78, 5) is 26.5. The second-order valence-electron chi connectivity index (χ2n) is 5.55. The quantitative estimate of drug-likeness (QED) is 0.643. The Morgan fingerprint density at radius 1 is 1.20 bits per heavy atom. The van der Waals surface area contributed by atoms with Crippen LogP contribution in [0.2, 0.25) is 0 Å². The number of nitrogens with zero attached hydrogens (tertiary/aromatic N) is 2. The highest BCUT2D eigenvalue weighted by atomic mass is 32.2. The molecule has 2 saturated heterocycles. The Morgan fingerprint density at radius 2 is 1.75 bits per heavy atom. The summed E-state index contributed by atoms with van der Waals surface area (Å²) in [5.74, 6) is -0.525. The van der Waals surface area contributed by atoms with E-state index < -0.39 is 30.3 Å². The smallest absolute Gasteiger partial charge is 0.327 e. The van der Waals surface area contributed by atoms with Gasteiger partial charge in [0.25, 0.3) is 0 Å². The van der Waals surface area contributed by atoms with Gasteiger partial charge in [-0.15, -0.1) is 11.8 Å². The first-order valence-corrected chi connectivity index (χ1v) is 7.65. The number of likely N-dealkylation sites (tertiary alicyclic amines) is 1. The molecule has 2 aliphatic rings. The minimum atomic E-state index is -1.02. The lowest BCUT2D eigenvalue weighted by Crippen LogP contribution is -2.52. The van der Waals surface area contributed by atoms with Crippen molar-refractivity contribution in [2.75, 3.05) is 18.8 Å². The summed E-state index contributed by atoms with van der Waals surface area (Å²) in [6.07, 6.45) is -1.93. The van der Waals surface area contributed by atoms with E-state index in [0.29, 0.717) is 5.75 Å². The van der Waals surface area contributed by atoms with Gasteiger partial charge >= 0.3 is 12.0 Å². The zero-order valence-electron chi connectivity index (χ0n) is 11.5. The molecule has 2 fully saturated rings. The molecule has 3 N–H and O–H groups in total. The van der Waals surface area contributed by atoms with Gasteiger partial charge in [0, 0.05) is 5.75 Å². The summed E-state index contributed by atoms with van der Waals surface area (Å²) in [5, 5.41) is 28.1. The van der Waals surface area contributed by atoms with Crippen molar-refractivity contribution in [1.29, 1.82) is 0 Å². The topological polar surface area (TPSA) is 101 Å². The number of aliphatic hydroxyl groups excluding tert-OH is 2. The second-order valence-corrected chi connectivity index (χ2v) is 6.70. The fourth-order valence-corrected chi connectivity index (χ4v) is 4.03. The molecule has 0 aromatic carbocycles. The van der Waals surface area contributed by atoms with Crippen LogP contribution in [0, 0.1) is 5.92 Å². The Balaban J connectivity index is 2.17.